The summed E-state index contributed by atoms with van der Waals surface area (Å²) >= 11 is 1.55. The van der Waals surface area contributed by atoms with Crippen LogP contribution in [0, 0.1) is 12.7 Å². The Morgan fingerprint density at radius 2 is 2.18 bits per heavy atom. The van der Waals surface area contributed by atoms with Crippen LogP contribution in [-0.4, -0.2) is 19.7 Å². The Kier molecular flexibility index (Phi) is 4.22. The van der Waals surface area contributed by atoms with E-state index in [2.05, 4.69) is 17.0 Å². The van der Waals surface area contributed by atoms with Gasteiger partial charge in [0.1, 0.15) is 10.8 Å². The van der Waals surface area contributed by atoms with Crippen molar-refractivity contribution in [3.63, 3.8) is 0 Å². The molecular weight excluding hydrogens is 301 g/mol. The minimum atomic E-state index is -0.240. The molecule has 2 aromatic heterocycles. The number of imidazole rings is 1. The summed E-state index contributed by atoms with van der Waals surface area (Å²) in [6.45, 7) is 3.72. The van der Waals surface area contributed by atoms with Crippen LogP contribution in [0.1, 0.15) is 36.0 Å². The van der Waals surface area contributed by atoms with Crippen molar-refractivity contribution < 1.29 is 9.50 Å². The molecular formula is C16H18FN3OS. The predicted molar refractivity (Wildman–Crippen MR) is 85.5 cm³/mol. The molecule has 1 N–H and O–H groups in total. The number of fused-ring (bicyclic) bond motifs is 1. The maximum atomic E-state index is 13.4. The third kappa shape index (κ3) is 2.64. The van der Waals surface area contributed by atoms with E-state index in [1.165, 1.54) is 6.07 Å². The van der Waals surface area contributed by atoms with Crippen LogP contribution in [0.15, 0.2) is 18.2 Å². The Labute approximate surface area is 132 Å². The first kappa shape index (κ1) is 15.1. The van der Waals surface area contributed by atoms with E-state index in [0.29, 0.717) is 17.0 Å². The van der Waals surface area contributed by atoms with E-state index in [1.807, 2.05) is 0 Å². The summed E-state index contributed by atoms with van der Waals surface area (Å²) in [6.07, 6.45) is 3.14. The fourth-order valence-electron chi connectivity index (χ4n) is 2.42. The largest absolute Gasteiger partial charge is 0.390 e. The molecule has 3 rings (SSSR count). The molecule has 6 heteroatoms. The number of aliphatic hydroxyl groups excluding tert-OH is 1. The van der Waals surface area contributed by atoms with Gasteiger partial charge in [-0.15, -0.1) is 0 Å². The van der Waals surface area contributed by atoms with E-state index >= 15 is 0 Å². The van der Waals surface area contributed by atoms with E-state index < -0.39 is 0 Å². The van der Waals surface area contributed by atoms with Gasteiger partial charge < -0.3 is 5.11 Å². The summed E-state index contributed by atoms with van der Waals surface area (Å²) in [5.41, 5.74) is 2.69. The molecule has 3 aromatic rings. The van der Waals surface area contributed by atoms with E-state index in [0.717, 1.165) is 34.8 Å². The second-order valence-corrected chi connectivity index (χ2v) is 6.36. The van der Waals surface area contributed by atoms with Gasteiger partial charge in [-0.1, -0.05) is 24.7 Å². The zero-order valence-corrected chi connectivity index (χ0v) is 13.5. The van der Waals surface area contributed by atoms with Gasteiger partial charge in [-0.3, -0.25) is 0 Å². The highest BCUT2D eigenvalue weighted by atomic mass is 32.1. The van der Waals surface area contributed by atoms with Gasteiger partial charge in [0, 0.05) is 12.0 Å². The fraction of sp³-hybridized carbons (Fsp3) is 0.375. The monoisotopic (exact) mass is 319 g/mol. The number of benzene rings is 1. The lowest BCUT2D eigenvalue weighted by Crippen LogP contribution is -1.97. The number of nitrogens with zero attached hydrogens (tertiary/aromatic N) is 3. The number of unbranched alkanes of at least 4 members (excludes halogenated alkanes) is 1. The maximum Gasteiger partial charge on any atom is 0.213 e. The SMILES string of the molecule is CCCCc1nn2c(CO)c(-c3ccc(F)c(C)c3)nc2s1. The molecule has 1 aromatic carbocycles. The molecule has 0 bridgehead atoms. The number of aryl methyl sites for hydroxylation is 2. The first-order valence-corrected chi connectivity index (χ1v) is 8.20. The number of aliphatic hydroxyl groups is 1. The van der Waals surface area contributed by atoms with E-state index in [4.69, 9.17) is 0 Å². The van der Waals surface area contributed by atoms with Gasteiger partial charge in [0.15, 0.2) is 0 Å². The maximum absolute atomic E-state index is 13.4. The quantitative estimate of drug-likeness (QED) is 0.779. The molecule has 0 saturated heterocycles. The summed E-state index contributed by atoms with van der Waals surface area (Å²) in [4.78, 5) is 5.36. The third-order valence-electron chi connectivity index (χ3n) is 3.66. The van der Waals surface area contributed by atoms with Gasteiger partial charge in [-0.2, -0.15) is 5.10 Å². The van der Waals surface area contributed by atoms with Gasteiger partial charge in [0.2, 0.25) is 4.96 Å². The van der Waals surface area contributed by atoms with E-state index in [1.54, 1.807) is 34.9 Å². The number of hydrogen-bond donors (Lipinski definition) is 1. The Balaban J connectivity index is 2.06. The van der Waals surface area contributed by atoms with Crippen molar-refractivity contribution in [3.8, 4) is 11.3 Å². The first-order valence-electron chi connectivity index (χ1n) is 7.38. The van der Waals surface area contributed by atoms with E-state index in [9.17, 15) is 9.50 Å². The Hall–Kier alpha value is -1.79. The van der Waals surface area contributed by atoms with Crippen molar-refractivity contribution in [1.82, 2.24) is 14.6 Å². The highest BCUT2D eigenvalue weighted by Gasteiger charge is 2.17. The molecule has 0 radical (unpaired) electrons. The lowest BCUT2D eigenvalue weighted by molar-refractivity contribution is 0.275. The van der Waals surface area contributed by atoms with Crippen LogP contribution in [0.5, 0.6) is 0 Å². The molecule has 116 valence electrons. The molecule has 4 nitrogen and oxygen atoms in total. The number of rotatable bonds is 5. The number of aromatic nitrogens is 3. The molecule has 2 heterocycles. The number of hydrogen-bond acceptors (Lipinski definition) is 4. The normalized spacial score (nSPS) is 11.5. The highest BCUT2D eigenvalue weighted by Crippen LogP contribution is 2.28. The second-order valence-electron chi connectivity index (χ2n) is 5.32. The fourth-order valence-corrected chi connectivity index (χ4v) is 3.38. The molecule has 22 heavy (non-hydrogen) atoms. The second kappa shape index (κ2) is 6.14. The average molecular weight is 319 g/mol. The van der Waals surface area contributed by atoms with Crippen LogP contribution in [0.2, 0.25) is 0 Å². The summed E-state index contributed by atoms with van der Waals surface area (Å²) in [6, 6.07) is 4.87. The standard InChI is InChI=1S/C16H18FN3OS/c1-3-4-5-14-19-20-13(9-21)15(18-16(20)22-14)11-6-7-12(17)10(2)8-11/h6-8,21H,3-5,9H2,1-2H3. The van der Waals surface area contributed by atoms with Crippen molar-refractivity contribution >= 4 is 16.3 Å². The molecule has 0 aliphatic rings. The molecule has 0 unspecified atom stereocenters. The van der Waals surface area contributed by atoms with Crippen LogP contribution >= 0.6 is 11.3 Å². The molecule has 0 aliphatic heterocycles. The summed E-state index contributed by atoms with van der Waals surface area (Å²) in [5, 5.41) is 15.3. The molecule has 0 aliphatic carbocycles. The molecule has 0 fully saturated rings. The van der Waals surface area contributed by atoms with Crippen molar-refractivity contribution in [3.05, 3.63) is 40.3 Å². The van der Waals surface area contributed by atoms with Gasteiger partial charge in [-0.25, -0.2) is 13.9 Å². The zero-order valence-electron chi connectivity index (χ0n) is 12.6. The molecule has 0 amide bonds. The highest BCUT2D eigenvalue weighted by molar-refractivity contribution is 7.16. The number of halogens is 1. The molecule has 0 spiro atoms. The smallest absolute Gasteiger partial charge is 0.213 e. The summed E-state index contributed by atoms with van der Waals surface area (Å²) in [7, 11) is 0. The van der Waals surface area contributed by atoms with Crippen LogP contribution in [0.3, 0.4) is 0 Å². The van der Waals surface area contributed by atoms with Crippen molar-refractivity contribution in [1.29, 1.82) is 0 Å². The van der Waals surface area contributed by atoms with Gasteiger partial charge in [0.25, 0.3) is 0 Å². The lowest BCUT2D eigenvalue weighted by atomic mass is 10.1. The van der Waals surface area contributed by atoms with Gasteiger partial charge >= 0.3 is 0 Å². The minimum absolute atomic E-state index is 0.149. The first-order chi connectivity index (χ1) is 10.6. The van der Waals surface area contributed by atoms with Gasteiger partial charge in [0.05, 0.1) is 18.0 Å². The Morgan fingerprint density at radius 1 is 1.36 bits per heavy atom. The average Bonchev–Trinajstić information content (AvgIpc) is 3.04. The summed E-state index contributed by atoms with van der Waals surface area (Å²) in [5.74, 6) is -0.240. The van der Waals surface area contributed by atoms with Crippen LogP contribution in [0.25, 0.3) is 16.2 Å². The van der Waals surface area contributed by atoms with Crippen LogP contribution in [0.4, 0.5) is 4.39 Å². The van der Waals surface area contributed by atoms with E-state index in [-0.39, 0.29) is 12.4 Å². The predicted octanol–water partition coefficient (Wildman–Crippen LogP) is 3.74. The van der Waals surface area contributed by atoms with Crippen molar-refractivity contribution in [2.45, 2.75) is 39.7 Å². The molecule has 0 saturated carbocycles. The van der Waals surface area contributed by atoms with Crippen molar-refractivity contribution in [2.24, 2.45) is 0 Å². The molecule has 0 atom stereocenters. The topological polar surface area (TPSA) is 50.4 Å². The third-order valence-corrected chi connectivity index (χ3v) is 4.63. The lowest BCUT2D eigenvalue weighted by Gasteiger charge is -2.03. The summed E-state index contributed by atoms with van der Waals surface area (Å²) < 4.78 is 15.1. The van der Waals surface area contributed by atoms with Gasteiger partial charge in [-0.05, 0) is 37.1 Å². The Bertz CT molecular complexity index is 809. The minimum Gasteiger partial charge on any atom is -0.390 e. The van der Waals surface area contributed by atoms with Crippen LogP contribution < -0.4 is 0 Å². The Morgan fingerprint density at radius 3 is 2.86 bits per heavy atom. The van der Waals surface area contributed by atoms with Crippen molar-refractivity contribution in [2.75, 3.05) is 0 Å². The van der Waals surface area contributed by atoms with Crippen LogP contribution in [-0.2, 0) is 13.0 Å². The zero-order chi connectivity index (χ0) is 15.7.